The van der Waals surface area contributed by atoms with Crippen LogP contribution in [0.1, 0.15) is 32.4 Å². The van der Waals surface area contributed by atoms with E-state index in [1.807, 2.05) is 49.9 Å². The van der Waals surface area contributed by atoms with Crippen LogP contribution in [0.5, 0.6) is 0 Å². The van der Waals surface area contributed by atoms with Gasteiger partial charge in [-0.05, 0) is 18.6 Å². The Kier molecular flexibility index (Phi) is 6.63. The molecule has 0 spiro atoms. The number of halogens is 1. The van der Waals surface area contributed by atoms with Crippen molar-refractivity contribution in [2.75, 3.05) is 32.7 Å². The van der Waals surface area contributed by atoms with Gasteiger partial charge in [0, 0.05) is 37.1 Å². The number of hydrogen-bond donors (Lipinski definition) is 1. The van der Waals surface area contributed by atoms with Crippen LogP contribution in [0, 0.1) is 5.92 Å². The van der Waals surface area contributed by atoms with Crippen molar-refractivity contribution in [3.63, 3.8) is 0 Å². The maximum Gasteiger partial charge on any atom is 0.234 e. The van der Waals surface area contributed by atoms with Crippen LogP contribution in [0.25, 0.3) is 0 Å². The van der Waals surface area contributed by atoms with Gasteiger partial charge in [0.05, 0.1) is 12.6 Å². The molecule has 1 atom stereocenters. The zero-order valence-corrected chi connectivity index (χ0v) is 15.3. The quantitative estimate of drug-likeness (QED) is 0.885. The Morgan fingerprint density at radius 1 is 1.12 bits per heavy atom. The molecule has 6 heteroatoms. The summed E-state index contributed by atoms with van der Waals surface area (Å²) in [5.41, 5.74) is 0.917. The van der Waals surface area contributed by atoms with Gasteiger partial charge in [-0.15, -0.1) is 0 Å². The number of amides is 2. The first kappa shape index (κ1) is 18.7. The molecule has 132 valence electrons. The SMILES string of the molecule is CC(C)C(=O)N1CCN(CC(=O)NC(C)c2ccccc2Cl)CC1. The summed E-state index contributed by atoms with van der Waals surface area (Å²) in [4.78, 5) is 28.2. The topological polar surface area (TPSA) is 52.7 Å². The van der Waals surface area contributed by atoms with E-state index in [0.717, 1.165) is 18.7 Å². The minimum absolute atomic E-state index is 0.0222. The molecule has 0 aromatic heterocycles. The van der Waals surface area contributed by atoms with Gasteiger partial charge in [-0.25, -0.2) is 0 Å². The summed E-state index contributed by atoms with van der Waals surface area (Å²) < 4.78 is 0. The lowest BCUT2D eigenvalue weighted by molar-refractivity contribution is -0.136. The van der Waals surface area contributed by atoms with Crippen molar-refractivity contribution in [1.29, 1.82) is 0 Å². The summed E-state index contributed by atoms with van der Waals surface area (Å²) in [6.07, 6.45) is 0. The van der Waals surface area contributed by atoms with Gasteiger partial charge < -0.3 is 10.2 Å². The van der Waals surface area contributed by atoms with E-state index in [4.69, 9.17) is 11.6 Å². The molecule has 1 aromatic rings. The van der Waals surface area contributed by atoms with Crippen LogP contribution >= 0.6 is 11.6 Å². The molecule has 24 heavy (non-hydrogen) atoms. The van der Waals surface area contributed by atoms with E-state index in [0.29, 0.717) is 24.7 Å². The van der Waals surface area contributed by atoms with Crippen LogP contribution in [0.3, 0.4) is 0 Å². The summed E-state index contributed by atoms with van der Waals surface area (Å²) in [6.45, 7) is 8.93. The smallest absolute Gasteiger partial charge is 0.234 e. The molecule has 0 aliphatic carbocycles. The second-order valence-electron chi connectivity index (χ2n) is 6.57. The summed E-state index contributed by atoms with van der Waals surface area (Å²) in [5.74, 6) is 0.189. The van der Waals surface area contributed by atoms with E-state index in [1.165, 1.54) is 0 Å². The Bertz CT molecular complexity index is 583. The molecule has 0 saturated carbocycles. The first-order chi connectivity index (χ1) is 11.4. The molecule has 1 heterocycles. The molecule has 1 aliphatic rings. The first-order valence-corrected chi connectivity index (χ1v) is 8.81. The Hall–Kier alpha value is -1.59. The fraction of sp³-hybridized carbons (Fsp3) is 0.556. The third-order valence-electron chi connectivity index (χ3n) is 4.29. The van der Waals surface area contributed by atoms with E-state index >= 15 is 0 Å². The molecular weight excluding hydrogens is 326 g/mol. The van der Waals surface area contributed by atoms with E-state index < -0.39 is 0 Å². The highest BCUT2D eigenvalue weighted by Gasteiger charge is 2.24. The number of nitrogens with zero attached hydrogens (tertiary/aromatic N) is 2. The highest BCUT2D eigenvalue weighted by atomic mass is 35.5. The van der Waals surface area contributed by atoms with Gasteiger partial charge in [-0.2, -0.15) is 0 Å². The number of nitrogens with one attached hydrogen (secondary N) is 1. The van der Waals surface area contributed by atoms with Crippen LogP contribution < -0.4 is 5.32 Å². The largest absolute Gasteiger partial charge is 0.348 e. The standard InChI is InChI=1S/C18H26ClN3O2/c1-13(2)18(24)22-10-8-21(9-11-22)12-17(23)20-14(3)15-6-4-5-7-16(15)19/h4-7,13-14H,8-12H2,1-3H3,(H,20,23). The molecule has 1 aliphatic heterocycles. The molecule has 2 amide bonds. The van der Waals surface area contributed by atoms with E-state index in [9.17, 15) is 9.59 Å². The number of carbonyl (C=O) groups is 2. The highest BCUT2D eigenvalue weighted by molar-refractivity contribution is 6.31. The highest BCUT2D eigenvalue weighted by Crippen LogP contribution is 2.22. The summed E-state index contributed by atoms with van der Waals surface area (Å²) in [5, 5.41) is 3.65. The minimum atomic E-state index is -0.130. The number of rotatable bonds is 5. The molecule has 1 saturated heterocycles. The van der Waals surface area contributed by atoms with Gasteiger partial charge in [-0.1, -0.05) is 43.6 Å². The Balaban J connectivity index is 1.80. The Morgan fingerprint density at radius 2 is 1.75 bits per heavy atom. The zero-order valence-electron chi connectivity index (χ0n) is 14.6. The van der Waals surface area contributed by atoms with Crippen molar-refractivity contribution in [3.05, 3.63) is 34.9 Å². The number of carbonyl (C=O) groups excluding carboxylic acids is 2. The van der Waals surface area contributed by atoms with Crippen molar-refractivity contribution >= 4 is 23.4 Å². The molecule has 1 unspecified atom stereocenters. The number of piperazine rings is 1. The van der Waals surface area contributed by atoms with Gasteiger partial charge >= 0.3 is 0 Å². The second kappa shape index (κ2) is 8.49. The average Bonchev–Trinajstić information content (AvgIpc) is 2.55. The summed E-state index contributed by atoms with van der Waals surface area (Å²) >= 11 is 6.17. The van der Waals surface area contributed by atoms with Crippen molar-refractivity contribution < 1.29 is 9.59 Å². The average molecular weight is 352 g/mol. The maximum atomic E-state index is 12.3. The van der Waals surface area contributed by atoms with Gasteiger partial charge in [0.15, 0.2) is 0 Å². The number of benzene rings is 1. The van der Waals surface area contributed by atoms with Gasteiger partial charge in [0.1, 0.15) is 0 Å². The van der Waals surface area contributed by atoms with Gasteiger partial charge in [-0.3, -0.25) is 14.5 Å². The molecule has 1 N–H and O–H groups in total. The van der Waals surface area contributed by atoms with E-state index in [1.54, 1.807) is 0 Å². The summed E-state index contributed by atoms with van der Waals surface area (Å²) in [6, 6.07) is 7.40. The molecule has 1 aromatic carbocycles. The van der Waals surface area contributed by atoms with Crippen molar-refractivity contribution in [1.82, 2.24) is 15.1 Å². The second-order valence-corrected chi connectivity index (χ2v) is 6.97. The van der Waals surface area contributed by atoms with E-state index in [-0.39, 0.29) is 23.8 Å². The van der Waals surface area contributed by atoms with Gasteiger partial charge in [0.2, 0.25) is 11.8 Å². The van der Waals surface area contributed by atoms with Crippen LogP contribution in [0.4, 0.5) is 0 Å². The lowest BCUT2D eigenvalue weighted by Gasteiger charge is -2.35. The lowest BCUT2D eigenvalue weighted by Crippen LogP contribution is -2.52. The normalized spacial score (nSPS) is 17.0. The lowest BCUT2D eigenvalue weighted by atomic mass is 10.1. The van der Waals surface area contributed by atoms with Crippen molar-refractivity contribution in [3.8, 4) is 0 Å². The fourth-order valence-electron chi connectivity index (χ4n) is 2.89. The Labute approximate surface area is 149 Å². The van der Waals surface area contributed by atoms with Crippen LogP contribution in [-0.2, 0) is 9.59 Å². The van der Waals surface area contributed by atoms with Crippen molar-refractivity contribution in [2.45, 2.75) is 26.8 Å². The van der Waals surface area contributed by atoms with Crippen LogP contribution in [-0.4, -0.2) is 54.3 Å². The predicted octanol–water partition coefficient (Wildman–Crippen LogP) is 2.32. The van der Waals surface area contributed by atoms with Crippen LogP contribution in [0.2, 0.25) is 5.02 Å². The van der Waals surface area contributed by atoms with E-state index in [2.05, 4.69) is 10.2 Å². The molecule has 1 fully saturated rings. The third kappa shape index (κ3) is 4.95. The van der Waals surface area contributed by atoms with Crippen molar-refractivity contribution in [2.24, 2.45) is 5.92 Å². The third-order valence-corrected chi connectivity index (χ3v) is 4.64. The monoisotopic (exact) mass is 351 g/mol. The fourth-order valence-corrected chi connectivity index (χ4v) is 3.19. The molecule has 0 bridgehead atoms. The molecule has 2 rings (SSSR count). The van der Waals surface area contributed by atoms with Crippen LogP contribution in [0.15, 0.2) is 24.3 Å². The summed E-state index contributed by atoms with van der Waals surface area (Å²) in [7, 11) is 0. The zero-order chi connectivity index (χ0) is 17.7. The maximum absolute atomic E-state index is 12.3. The van der Waals surface area contributed by atoms with Gasteiger partial charge in [0.25, 0.3) is 0 Å². The Morgan fingerprint density at radius 3 is 2.33 bits per heavy atom. The first-order valence-electron chi connectivity index (χ1n) is 8.43. The molecular formula is C18H26ClN3O2. The molecule has 0 radical (unpaired) electrons. The minimum Gasteiger partial charge on any atom is -0.348 e. The predicted molar refractivity (Wildman–Crippen MR) is 95.9 cm³/mol. The number of hydrogen-bond acceptors (Lipinski definition) is 3. The molecule has 5 nitrogen and oxygen atoms in total.